The molecule has 2 aromatic rings. The van der Waals surface area contributed by atoms with E-state index in [1.54, 1.807) is 41.1 Å². The first kappa shape index (κ1) is 19.1. The van der Waals surface area contributed by atoms with Crippen LogP contribution in [0.4, 0.5) is 4.39 Å². The molecule has 1 aromatic heterocycles. The van der Waals surface area contributed by atoms with E-state index in [2.05, 4.69) is 0 Å². The molecule has 0 radical (unpaired) electrons. The van der Waals surface area contributed by atoms with Gasteiger partial charge in [0.05, 0.1) is 24.8 Å². The van der Waals surface area contributed by atoms with E-state index in [0.717, 1.165) is 0 Å². The standard InChI is InChI=1S/C19H21FN2O5/c1-21(12-18(23)24)10-13-11-22(8-9-26-13)19(25)17-7-6-16(27-17)14-4-2-3-5-15(14)20/h2-7,13H,8-12H2,1H3,(H,23,24). The first-order chi connectivity index (χ1) is 12.9. The molecular formula is C19H21FN2O5. The van der Waals surface area contributed by atoms with Gasteiger partial charge in [0.15, 0.2) is 5.76 Å². The van der Waals surface area contributed by atoms with Crippen LogP contribution in [0.2, 0.25) is 0 Å². The van der Waals surface area contributed by atoms with Gasteiger partial charge in [0, 0.05) is 19.6 Å². The van der Waals surface area contributed by atoms with Gasteiger partial charge in [0.25, 0.3) is 5.91 Å². The van der Waals surface area contributed by atoms with Crippen LogP contribution in [0.5, 0.6) is 0 Å². The zero-order valence-electron chi connectivity index (χ0n) is 14.9. The number of nitrogens with zero attached hydrogens (tertiary/aromatic N) is 2. The molecule has 1 N–H and O–H groups in total. The van der Waals surface area contributed by atoms with Crippen LogP contribution in [0.15, 0.2) is 40.8 Å². The fourth-order valence-corrected chi connectivity index (χ4v) is 3.07. The summed E-state index contributed by atoms with van der Waals surface area (Å²) in [5, 5.41) is 8.83. The number of carbonyl (C=O) groups excluding carboxylic acids is 1. The highest BCUT2D eigenvalue weighted by molar-refractivity contribution is 5.92. The van der Waals surface area contributed by atoms with Crippen LogP contribution in [0.25, 0.3) is 11.3 Å². The molecule has 0 spiro atoms. The van der Waals surface area contributed by atoms with Crippen LogP contribution < -0.4 is 0 Å². The Morgan fingerprint density at radius 2 is 2.07 bits per heavy atom. The zero-order valence-corrected chi connectivity index (χ0v) is 14.9. The van der Waals surface area contributed by atoms with Crippen LogP contribution in [0.1, 0.15) is 10.6 Å². The van der Waals surface area contributed by atoms with Crippen LogP contribution in [0, 0.1) is 5.82 Å². The number of carboxylic acid groups (broad SMARTS) is 1. The van der Waals surface area contributed by atoms with Gasteiger partial charge in [0.2, 0.25) is 0 Å². The molecule has 2 heterocycles. The average molecular weight is 376 g/mol. The lowest BCUT2D eigenvalue weighted by atomic mass is 10.1. The second-order valence-electron chi connectivity index (χ2n) is 6.48. The van der Waals surface area contributed by atoms with Gasteiger partial charge in [-0.2, -0.15) is 0 Å². The van der Waals surface area contributed by atoms with E-state index < -0.39 is 11.8 Å². The smallest absolute Gasteiger partial charge is 0.317 e. The first-order valence-corrected chi connectivity index (χ1v) is 8.60. The quantitative estimate of drug-likeness (QED) is 0.830. The third-order valence-electron chi connectivity index (χ3n) is 4.30. The molecule has 1 fully saturated rings. The largest absolute Gasteiger partial charge is 0.480 e. The lowest BCUT2D eigenvalue weighted by Crippen LogP contribution is -2.49. The van der Waals surface area contributed by atoms with Crippen LogP contribution in [-0.4, -0.2) is 72.7 Å². The number of carbonyl (C=O) groups is 2. The molecule has 1 amide bonds. The first-order valence-electron chi connectivity index (χ1n) is 8.60. The molecule has 1 unspecified atom stereocenters. The average Bonchev–Trinajstić information content (AvgIpc) is 3.10. The molecule has 1 aromatic carbocycles. The fraction of sp³-hybridized carbons (Fsp3) is 0.368. The number of rotatable bonds is 6. The second-order valence-corrected chi connectivity index (χ2v) is 6.48. The number of furan rings is 1. The summed E-state index contributed by atoms with van der Waals surface area (Å²) in [6, 6.07) is 9.31. The van der Waals surface area contributed by atoms with Crippen LogP contribution in [0.3, 0.4) is 0 Å². The minimum Gasteiger partial charge on any atom is -0.480 e. The highest BCUT2D eigenvalue weighted by atomic mass is 19.1. The van der Waals surface area contributed by atoms with Crippen LogP contribution in [-0.2, 0) is 9.53 Å². The predicted molar refractivity (Wildman–Crippen MR) is 94.9 cm³/mol. The Morgan fingerprint density at radius 1 is 1.30 bits per heavy atom. The number of hydrogen-bond donors (Lipinski definition) is 1. The van der Waals surface area contributed by atoms with Crippen molar-refractivity contribution in [3.05, 3.63) is 48.0 Å². The Kier molecular flexibility index (Phi) is 5.88. The topological polar surface area (TPSA) is 83.2 Å². The van der Waals surface area contributed by atoms with Gasteiger partial charge < -0.3 is 19.2 Å². The summed E-state index contributed by atoms with van der Waals surface area (Å²) in [5.41, 5.74) is 0.298. The van der Waals surface area contributed by atoms with Crippen molar-refractivity contribution in [2.45, 2.75) is 6.10 Å². The SMILES string of the molecule is CN(CC(=O)O)CC1CN(C(=O)c2ccc(-c3ccccc3F)o2)CCO1. The summed E-state index contributed by atoms with van der Waals surface area (Å²) in [6.45, 7) is 1.40. The molecule has 1 saturated heterocycles. The normalized spacial score (nSPS) is 17.3. The number of halogens is 1. The molecule has 0 bridgehead atoms. The Balaban J connectivity index is 1.65. The Bertz CT molecular complexity index is 822. The van der Waals surface area contributed by atoms with Gasteiger partial charge in [-0.25, -0.2) is 4.39 Å². The number of ether oxygens (including phenoxy) is 1. The molecule has 144 valence electrons. The van der Waals surface area contributed by atoms with E-state index in [4.69, 9.17) is 14.3 Å². The van der Waals surface area contributed by atoms with Crippen molar-refractivity contribution >= 4 is 11.9 Å². The Labute approximate surface area is 155 Å². The lowest BCUT2D eigenvalue weighted by Gasteiger charge is -2.34. The maximum Gasteiger partial charge on any atom is 0.317 e. The summed E-state index contributed by atoms with van der Waals surface area (Å²) in [5.74, 6) is -1.21. The van der Waals surface area contributed by atoms with Gasteiger partial charge in [-0.15, -0.1) is 0 Å². The van der Waals surface area contributed by atoms with Crippen molar-refractivity contribution in [2.24, 2.45) is 0 Å². The highest BCUT2D eigenvalue weighted by Gasteiger charge is 2.28. The van der Waals surface area contributed by atoms with Crippen molar-refractivity contribution in [1.82, 2.24) is 9.80 Å². The number of amides is 1. The van der Waals surface area contributed by atoms with E-state index in [9.17, 15) is 14.0 Å². The number of carboxylic acids is 1. The molecule has 3 rings (SSSR count). The maximum atomic E-state index is 13.9. The van der Waals surface area contributed by atoms with Gasteiger partial charge in [-0.3, -0.25) is 14.5 Å². The van der Waals surface area contributed by atoms with Gasteiger partial charge in [0.1, 0.15) is 11.6 Å². The van der Waals surface area contributed by atoms with E-state index in [-0.39, 0.29) is 24.3 Å². The number of morpholine rings is 1. The molecule has 0 saturated carbocycles. The van der Waals surface area contributed by atoms with E-state index >= 15 is 0 Å². The highest BCUT2D eigenvalue weighted by Crippen LogP contribution is 2.25. The third-order valence-corrected chi connectivity index (χ3v) is 4.30. The molecular weight excluding hydrogens is 355 g/mol. The monoisotopic (exact) mass is 376 g/mol. The van der Waals surface area contributed by atoms with Crippen molar-refractivity contribution in [3.8, 4) is 11.3 Å². The van der Waals surface area contributed by atoms with Gasteiger partial charge >= 0.3 is 5.97 Å². The third kappa shape index (κ3) is 4.72. The van der Waals surface area contributed by atoms with E-state index in [1.165, 1.54) is 12.1 Å². The molecule has 7 nitrogen and oxygen atoms in total. The second kappa shape index (κ2) is 8.32. The number of hydrogen-bond acceptors (Lipinski definition) is 5. The maximum absolute atomic E-state index is 13.9. The molecule has 1 aliphatic heterocycles. The summed E-state index contributed by atoms with van der Waals surface area (Å²) in [6.07, 6.45) is -0.284. The number of aliphatic carboxylic acids is 1. The molecule has 1 aliphatic rings. The lowest BCUT2D eigenvalue weighted by molar-refractivity contribution is -0.138. The zero-order chi connectivity index (χ0) is 19.4. The van der Waals surface area contributed by atoms with Crippen molar-refractivity contribution in [1.29, 1.82) is 0 Å². The summed E-state index contributed by atoms with van der Waals surface area (Å²) in [4.78, 5) is 26.7. The van der Waals surface area contributed by atoms with Crippen molar-refractivity contribution in [2.75, 3.05) is 39.8 Å². The van der Waals surface area contributed by atoms with Gasteiger partial charge in [-0.05, 0) is 31.3 Å². The summed E-state index contributed by atoms with van der Waals surface area (Å²) >= 11 is 0. The van der Waals surface area contributed by atoms with Crippen molar-refractivity contribution in [3.63, 3.8) is 0 Å². The minimum atomic E-state index is -0.919. The number of likely N-dealkylation sites (N-methyl/N-ethyl adjacent to an activating group) is 1. The van der Waals surface area contributed by atoms with E-state index in [1.807, 2.05) is 0 Å². The fourth-order valence-electron chi connectivity index (χ4n) is 3.07. The molecule has 8 heteroatoms. The minimum absolute atomic E-state index is 0.0992. The van der Waals surface area contributed by atoms with E-state index in [0.29, 0.717) is 37.6 Å². The molecule has 27 heavy (non-hydrogen) atoms. The predicted octanol–water partition coefficient (Wildman–Crippen LogP) is 1.94. The van der Waals surface area contributed by atoms with Crippen molar-refractivity contribution < 1.29 is 28.2 Å². The Morgan fingerprint density at radius 3 is 2.81 bits per heavy atom. The molecule has 1 atom stereocenters. The number of benzene rings is 1. The van der Waals surface area contributed by atoms with Gasteiger partial charge in [-0.1, -0.05) is 12.1 Å². The summed E-state index contributed by atoms with van der Waals surface area (Å²) < 4.78 is 25.1. The molecule has 0 aliphatic carbocycles. The Hall–Kier alpha value is -2.71. The summed E-state index contributed by atoms with van der Waals surface area (Å²) in [7, 11) is 1.69. The van der Waals surface area contributed by atoms with Crippen LogP contribution >= 0.6 is 0 Å².